The van der Waals surface area contributed by atoms with Crippen molar-refractivity contribution in [1.82, 2.24) is 14.5 Å². The predicted molar refractivity (Wildman–Crippen MR) is 97.1 cm³/mol. The van der Waals surface area contributed by atoms with Gasteiger partial charge in [0, 0.05) is 53.3 Å². The fourth-order valence-corrected chi connectivity index (χ4v) is 4.97. The lowest BCUT2D eigenvalue weighted by Crippen LogP contribution is -2.44. The molecule has 2 rings (SSSR count). The molecule has 1 aromatic rings. The lowest BCUT2D eigenvalue weighted by atomic mass is 10.1. The van der Waals surface area contributed by atoms with Crippen LogP contribution >= 0.6 is 11.3 Å². The molecule has 1 N–H and O–H groups in total. The van der Waals surface area contributed by atoms with Crippen molar-refractivity contribution in [2.75, 3.05) is 54.0 Å². The largest absolute Gasteiger partial charge is 0.381 e. The second-order valence-electron chi connectivity index (χ2n) is 5.84. The highest BCUT2D eigenvalue weighted by molar-refractivity contribution is 7.91. The minimum Gasteiger partial charge on any atom is -0.381 e. The number of ether oxygens (including phenoxy) is 1. The first-order chi connectivity index (χ1) is 11.4. The molecule has 1 aliphatic rings. The Morgan fingerprint density at radius 2 is 2.29 bits per heavy atom. The Balaban J connectivity index is 1.81. The predicted octanol–water partition coefficient (Wildman–Crippen LogP) is 0.912. The SMILES string of the molecule is CN=C(NCCN(C)S(=O)(=O)c1cccs1)N(C)CC1CCOC1. The molecule has 0 spiro atoms. The lowest BCUT2D eigenvalue weighted by molar-refractivity contribution is 0.181. The van der Waals surface area contributed by atoms with Gasteiger partial charge in [0.2, 0.25) is 0 Å². The molecule has 136 valence electrons. The van der Waals surface area contributed by atoms with E-state index in [1.54, 1.807) is 31.6 Å². The first kappa shape index (κ1) is 19.2. The van der Waals surface area contributed by atoms with Crippen LogP contribution < -0.4 is 5.32 Å². The summed E-state index contributed by atoms with van der Waals surface area (Å²) >= 11 is 1.23. The van der Waals surface area contributed by atoms with Crippen LogP contribution in [-0.4, -0.2) is 77.6 Å². The molecule has 9 heteroatoms. The standard InChI is InChI=1S/C15H26N4O3S2/c1-16-15(18(2)11-13-6-9-22-12-13)17-7-8-19(3)24(20,21)14-5-4-10-23-14/h4-5,10,13H,6-9,11-12H2,1-3H3,(H,16,17). The number of sulfonamides is 1. The quantitative estimate of drug-likeness (QED) is 0.567. The Morgan fingerprint density at radius 1 is 1.50 bits per heavy atom. The number of hydrogen-bond acceptors (Lipinski definition) is 5. The lowest BCUT2D eigenvalue weighted by Gasteiger charge is -2.25. The van der Waals surface area contributed by atoms with Crippen LogP contribution in [0.3, 0.4) is 0 Å². The van der Waals surface area contributed by atoms with Crippen LogP contribution in [0.5, 0.6) is 0 Å². The van der Waals surface area contributed by atoms with E-state index in [1.807, 2.05) is 7.05 Å². The summed E-state index contributed by atoms with van der Waals surface area (Å²) in [7, 11) is 1.92. The molecule has 7 nitrogen and oxygen atoms in total. The van der Waals surface area contributed by atoms with Gasteiger partial charge in [0.1, 0.15) is 4.21 Å². The van der Waals surface area contributed by atoms with Crippen LogP contribution in [0, 0.1) is 5.92 Å². The summed E-state index contributed by atoms with van der Waals surface area (Å²) in [6.07, 6.45) is 1.07. The maximum atomic E-state index is 12.4. The van der Waals surface area contributed by atoms with Gasteiger partial charge in [-0.1, -0.05) is 6.07 Å². The molecule has 0 radical (unpaired) electrons. The van der Waals surface area contributed by atoms with E-state index in [-0.39, 0.29) is 0 Å². The number of guanidine groups is 1. The Kier molecular flexibility index (Phi) is 7.02. The molecular formula is C15H26N4O3S2. The Bertz CT molecular complexity index is 625. The molecule has 2 heterocycles. The van der Waals surface area contributed by atoms with E-state index in [1.165, 1.54) is 15.6 Å². The second-order valence-corrected chi connectivity index (χ2v) is 9.06. The summed E-state index contributed by atoms with van der Waals surface area (Å²) in [5, 5.41) is 4.99. The molecular weight excluding hydrogens is 348 g/mol. The van der Waals surface area contributed by atoms with Crippen LogP contribution in [0.15, 0.2) is 26.7 Å². The average Bonchev–Trinajstić information content (AvgIpc) is 3.24. The number of nitrogens with one attached hydrogen (secondary N) is 1. The van der Waals surface area contributed by atoms with Crippen LogP contribution in [0.4, 0.5) is 0 Å². The molecule has 1 unspecified atom stereocenters. The minimum atomic E-state index is -3.40. The van der Waals surface area contributed by atoms with Gasteiger partial charge >= 0.3 is 0 Å². The van der Waals surface area contributed by atoms with Gasteiger partial charge < -0.3 is 15.0 Å². The fourth-order valence-electron chi connectivity index (χ4n) is 2.60. The first-order valence-electron chi connectivity index (χ1n) is 7.94. The van der Waals surface area contributed by atoms with E-state index in [0.29, 0.717) is 23.2 Å². The van der Waals surface area contributed by atoms with Gasteiger partial charge in [-0.25, -0.2) is 8.42 Å². The van der Waals surface area contributed by atoms with Gasteiger partial charge in [-0.05, 0) is 17.9 Å². The van der Waals surface area contributed by atoms with Gasteiger partial charge in [-0.3, -0.25) is 4.99 Å². The zero-order valence-corrected chi connectivity index (χ0v) is 16.1. The topological polar surface area (TPSA) is 74.2 Å². The smallest absolute Gasteiger partial charge is 0.252 e. The highest BCUT2D eigenvalue weighted by Crippen LogP contribution is 2.19. The van der Waals surface area contributed by atoms with Crippen molar-refractivity contribution in [3.63, 3.8) is 0 Å². The van der Waals surface area contributed by atoms with Crippen LogP contribution in [0.2, 0.25) is 0 Å². The molecule has 0 amide bonds. The van der Waals surface area contributed by atoms with Crippen LogP contribution in [0.25, 0.3) is 0 Å². The molecule has 0 bridgehead atoms. The number of likely N-dealkylation sites (N-methyl/N-ethyl adjacent to an activating group) is 1. The van der Waals surface area contributed by atoms with E-state index < -0.39 is 10.0 Å². The van der Waals surface area contributed by atoms with Gasteiger partial charge in [0.05, 0.1) is 6.61 Å². The molecule has 0 aliphatic carbocycles. The third kappa shape index (κ3) is 4.92. The van der Waals surface area contributed by atoms with E-state index >= 15 is 0 Å². The molecule has 1 fully saturated rings. The maximum absolute atomic E-state index is 12.4. The first-order valence-corrected chi connectivity index (χ1v) is 10.3. The summed E-state index contributed by atoms with van der Waals surface area (Å²) in [4.78, 5) is 6.33. The Labute approximate surface area is 148 Å². The van der Waals surface area contributed by atoms with E-state index in [9.17, 15) is 8.42 Å². The van der Waals surface area contributed by atoms with Crippen LogP contribution in [-0.2, 0) is 14.8 Å². The Morgan fingerprint density at radius 3 is 2.88 bits per heavy atom. The van der Waals surface area contributed by atoms with Crippen LogP contribution in [0.1, 0.15) is 6.42 Å². The molecule has 0 aromatic carbocycles. The van der Waals surface area contributed by atoms with Crippen molar-refractivity contribution in [1.29, 1.82) is 0 Å². The van der Waals surface area contributed by atoms with Crippen molar-refractivity contribution in [2.45, 2.75) is 10.6 Å². The molecule has 1 aliphatic heterocycles. The van der Waals surface area contributed by atoms with Crippen molar-refractivity contribution in [2.24, 2.45) is 10.9 Å². The van der Waals surface area contributed by atoms with E-state index in [4.69, 9.17) is 4.74 Å². The summed E-state index contributed by atoms with van der Waals surface area (Å²) in [5.74, 6) is 1.29. The molecule has 24 heavy (non-hydrogen) atoms. The van der Waals surface area contributed by atoms with Gasteiger partial charge in [0.25, 0.3) is 10.0 Å². The van der Waals surface area contributed by atoms with Crippen molar-refractivity contribution >= 4 is 27.3 Å². The molecule has 1 aromatic heterocycles. The summed E-state index contributed by atoms with van der Waals surface area (Å²) in [6.45, 7) is 3.38. The number of rotatable bonds is 7. The maximum Gasteiger partial charge on any atom is 0.252 e. The third-order valence-electron chi connectivity index (χ3n) is 4.00. The zero-order valence-electron chi connectivity index (χ0n) is 14.4. The molecule has 0 saturated carbocycles. The molecule has 1 saturated heterocycles. The van der Waals surface area contributed by atoms with E-state index in [2.05, 4.69) is 15.2 Å². The minimum absolute atomic E-state index is 0.368. The number of thiophene rings is 1. The van der Waals surface area contributed by atoms with Crippen molar-refractivity contribution in [3.8, 4) is 0 Å². The highest BCUT2D eigenvalue weighted by atomic mass is 32.2. The second kappa shape index (κ2) is 8.80. The normalized spacial score (nSPS) is 19.0. The summed E-state index contributed by atoms with van der Waals surface area (Å²) in [6, 6.07) is 3.37. The molecule has 1 atom stereocenters. The number of hydrogen-bond donors (Lipinski definition) is 1. The monoisotopic (exact) mass is 374 g/mol. The fraction of sp³-hybridized carbons (Fsp3) is 0.667. The highest BCUT2D eigenvalue weighted by Gasteiger charge is 2.22. The van der Waals surface area contributed by atoms with Gasteiger partial charge in [0.15, 0.2) is 5.96 Å². The van der Waals surface area contributed by atoms with Gasteiger partial charge in [-0.2, -0.15) is 4.31 Å². The summed E-state index contributed by atoms with van der Waals surface area (Å²) < 4.78 is 31.8. The number of nitrogens with zero attached hydrogens (tertiary/aromatic N) is 3. The van der Waals surface area contributed by atoms with Gasteiger partial charge in [-0.15, -0.1) is 11.3 Å². The third-order valence-corrected chi connectivity index (χ3v) is 7.23. The number of aliphatic imine (C=N–C) groups is 1. The van der Waals surface area contributed by atoms with Crippen molar-refractivity contribution < 1.29 is 13.2 Å². The van der Waals surface area contributed by atoms with Crippen molar-refractivity contribution in [3.05, 3.63) is 17.5 Å². The zero-order chi connectivity index (χ0) is 17.6. The average molecular weight is 375 g/mol. The summed E-state index contributed by atoms with van der Waals surface area (Å²) in [5.41, 5.74) is 0. The van der Waals surface area contributed by atoms with E-state index in [0.717, 1.165) is 32.1 Å². The Hall–Kier alpha value is -1.16.